The molecule has 2 aromatic rings. The average Bonchev–Trinajstić information content (AvgIpc) is 2.95. The van der Waals surface area contributed by atoms with Gasteiger partial charge in [-0.25, -0.2) is 4.39 Å². The van der Waals surface area contributed by atoms with Crippen LogP contribution in [0.3, 0.4) is 0 Å². The lowest BCUT2D eigenvalue weighted by Gasteiger charge is -2.22. The van der Waals surface area contributed by atoms with Crippen LogP contribution in [0, 0.1) is 5.82 Å². The van der Waals surface area contributed by atoms with E-state index < -0.39 is 11.7 Å². The summed E-state index contributed by atoms with van der Waals surface area (Å²) >= 11 is 0. The zero-order valence-electron chi connectivity index (χ0n) is 15.5. The van der Waals surface area contributed by atoms with Gasteiger partial charge in [0.05, 0.1) is 5.69 Å². The zero-order valence-corrected chi connectivity index (χ0v) is 15.5. The molecule has 0 unspecified atom stereocenters. The van der Waals surface area contributed by atoms with Crippen molar-refractivity contribution < 1.29 is 9.18 Å². The molecule has 0 radical (unpaired) electrons. The predicted molar refractivity (Wildman–Crippen MR) is 107 cm³/mol. The van der Waals surface area contributed by atoms with Crippen LogP contribution in [0.1, 0.15) is 64.1 Å². The number of amides is 1. The molecule has 3 nitrogen and oxygen atoms in total. The van der Waals surface area contributed by atoms with Gasteiger partial charge in [-0.3, -0.25) is 9.78 Å². The molecule has 0 aliphatic heterocycles. The van der Waals surface area contributed by atoms with Crippen molar-refractivity contribution in [2.45, 2.75) is 33.1 Å². The van der Waals surface area contributed by atoms with E-state index in [1.54, 1.807) is 12.3 Å². The summed E-state index contributed by atoms with van der Waals surface area (Å²) in [5.41, 5.74) is 13.9. The second-order valence-corrected chi connectivity index (χ2v) is 7.21. The number of benzene rings is 1. The lowest BCUT2D eigenvalue weighted by atomic mass is 9.83. The second-order valence-electron chi connectivity index (χ2n) is 7.21. The minimum absolute atomic E-state index is 0.277. The summed E-state index contributed by atoms with van der Waals surface area (Å²) in [6.07, 6.45) is 7.93. The Morgan fingerprint density at radius 3 is 2.78 bits per heavy atom. The van der Waals surface area contributed by atoms with Crippen molar-refractivity contribution in [3.8, 4) is 0 Å². The van der Waals surface area contributed by atoms with Crippen molar-refractivity contribution in [3.05, 3.63) is 81.4 Å². The first-order chi connectivity index (χ1) is 12.9. The molecule has 0 fully saturated rings. The van der Waals surface area contributed by atoms with Crippen molar-refractivity contribution in [2.24, 2.45) is 5.73 Å². The summed E-state index contributed by atoms with van der Waals surface area (Å²) in [4.78, 5) is 16.3. The first-order valence-corrected chi connectivity index (χ1v) is 9.06. The molecule has 0 spiro atoms. The highest BCUT2D eigenvalue weighted by Crippen LogP contribution is 2.43. The Morgan fingerprint density at radius 1 is 1.30 bits per heavy atom. The van der Waals surface area contributed by atoms with Crippen LogP contribution >= 0.6 is 0 Å². The molecule has 27 heavy (non-hydrogen) atoms. The number of primary amides is 1. The SMILES string of the molecule is C=Cc1cc2c(cn1)C(c1c(F)cc(C(N)=O)c3c1C(C)=C(C)C3)=CCC2. The summed E-state index contributed by atoms with van der Waals surface area (Å²) in [6, 6.07) is 3.31. The molecule has 2 aliphatic carbocycles. The van der Waals surface area contributed by atoms with E-state index in [1.165, 1.54) is 6.07 Å². The van der Waals surface area contributed by atoms with Crippen molar-refractivity contribution in [3.63, 3.8) is 0 Å². The van der Waals surface area contributed by atoms with Crippen molar-refractivity contribution in [2.75, 3.05) is 0 Å². The Hall–Kier alpha value is -3.01. The summed E-state index contributed by atoms with van der Waals surface area (Å²) in [6.45, 7) is 7.78. The third kappa shape index (κ3) is 2.64. The number of hydrogen-bond acceptors (Lipinski definition) is 2. The fourth-order valence-electron chi connectivity index (χ4n) is 4.18. The third-order valence-electron chi connectivity index (χ3n) is 5.65. The van der Waals surface area contributed by atoms with E-state index >= 15 is 4.39 Å². The average molecular weight is 360 g/mol. The van der Waals surface area contributed by atoms with Crippen LogP contribution in [0.5, 0.6) is 0 Å². The Morgan fingerprint density at radius 2 is 2.07 bits per heavy atom. The van der Waals surface area contributed by atoms with Crippen LogP contribution in [0.4, 0.5) is 4.39 Å². The molecule has 0 saturated heterocycles. The van der Waals surface area contributed by atoms with Crippen molar-refractivity contribution in [1.82, 2.24) is 4.98 Å². The van der Waals surface area contributed by atoms with Crippen LogP contribution < -0.4 is 5.73 Å². The fourth-order valence-corrected chi connectivity index (χ4v) is 4.18. The van der Waals surface area contributed by atoms with Crippen molar-refractivity contribution >= 4 is 23.1 Å². The number of aromatic nitrogens is 1. The normalized spacial score (nSPS) is 15.3. The number of carbonyl (C=O) groups is 1. The van der Waals surface area contributed by atoms with Gasteiger partial charge in [-0.05, 0) is 79.2 Å². The van der Waals surface area contributed by atoms with Crippen molar-refractivity contribution in [1.29, 1.82) is 0 Å². The molecule has 2 aliphatic rings. The largest absolute Gasteiger partial charge is 0.366 e. The van der Waals surface area contributed by atoms with E-state index in [4.69, 9.17) is 5.73 Å². The summed E-state index contributed by atoms with van der Waals surface area (Å²) in [7, 11) is 0. The van der Waals surface area contributed by atoms with Gasteiger partial charge in [-0.2, -0.15) is 0 Å². The molecule has 1 amide bonds. The number of fused-ring (bicyclic) bond motifs is 2. The van der Waals surface area contributed by atoms with E-state index in [0.717, 1.165) is 57.5 Å². The van der Waals surface area contributed by atoms with E-state index in [9.17, 15) is 4.79 Å². The smallest absolute Gasteiger partial charge is 0.249 e. The van der Waals surface area contributed by atoms with Gasteiger partial charge < -0.3 is 5.73 Å². The predicted octanol–water partition coefficient (Wildman–Crippen LogP) is 4.69. The maximum atomic E-state index is 15.3. The molecular weight excluding hydrogens is 339 g/mol. The molecule has 0 saturated carbocycles. The molecule has 4 heteroatoms. The van der Waals surface area contributed by atoms with Gasteiger partial charge in [0.15, 0.2) is 0 Å². The Bertz CT molecular complexity index is 1080. The highest BCUT2D eigenvalue weighted by atomic mass is 19.1. The Kier molecular flexibility index (Phi) is 4.06. The maximum absolute atomic E-state index is 15.3. The lowest BCUT2D eigenvalue weighted by molar-refractivity contribution is 0.0999. The number of nitrogens with two attached hydrogens (primary N) is 1. The number of hydrogen-bond donors (Lipinski definition) is 1. The topological polar surface area (TPSA) is 56.0 Å². The highest BCUT2D eigenvalue weighted by Gasteiger charge is 2.30. The minimum atomic E-state index is -0.588. The molecule has 0 atom stereocenters. The van der Waals surface area contributed by atoms with Gasteiger partial charge in [0.1, 0.15) is 5.82 Å². The highest BCUT2D eigenvalue weighted by molar-refractivity contribution is 6.00. The van der Waals surface area contributed by atoms with Crippen LogP contribution in [0.2, 0.25) is 0 Å². The maximum Gasteiger partial charge on any atom is 0.249 e. The molecule has 1 aromatic heterocycles. The molecule has 1 heterocycles. The summed E-state index contributed by atoms with van der Waals surface area (Å²) in [5.74, 6) is -1.00. The number of pyridine rings is 1. The quantitative estimate of drug-likeness (QED) is 0.863. The number of allylic oxidation sites excluding steroid dienone is 3. The third-order valence-corrected chi connectivity index (χ3v) is 5.65. The van der Waals surface area contributed by atoms with Crippen LogP contribution in [0.25, 0.3) is 17.2 Å². The number of nitrogens with zero attached hydrogens (tertiary/aromatic N) is 1. The molecule has 2 N–H and O–H groups in total. The van der Waals surface area contributed by atoms with E-state index in [-0.39, 0.29) is 5.56 Å². The van der Waals surface area contributed by atoms with Crippen LogP contribution in [0.15, 0.2) is 36.6 Å². The molecule has 4 rings (SSSR count). The first kappa shape index (κ1) is 17.4. The minimum Gasteiger partial charge on any atom is -0.366 e. The summed E-state index contributed by atoms with van der Waals surface area (Å²) in [5, 5.41) is 0. The van der Waals surface area contributed by atoms with Gasteiger partial charge >= 0.3 is 0 Å². The first-order valence-electron chi connectivity index (χ1n) is 9.06. The van der Waals surface area contributed by atoms with Crippen LogP contribution in [-0.2, 0) is 12.8 Å². The number of rotatable bonds is 3. The molecule has 0 bridgehead atoms. The van der Waals surface area contributed by atoms with Gasteiger partial charge in [0.25, 0.3) is 0 Å². The Balaban J connectivity index is 2.00. The Labute approximate surface area is 158 Å². The molecule has 136 valence electrons. The van der Waals surface area contributed by atoms with Gasteiger partial charge in [0, 0.05) is 22.9 Å². The molecule has 1 aromatic carbocycles. The van der Waals surface area contributed by atoms with Gasteiger partial charge in [0.2, 0.25) is 5.91 Å². The van der Waals surface area contributed by atoms with E-state index in [1.807, 2.05) is 19.9 Å². The number of halogens is 1. The second kappa shape index (κ2) is 6.31. The fraction of sp³-hybridized carbons (Fsp3) is 0.217. The molecular formula is C23H21FN2O. The lowest BCUT2D eigenvalue weighted by Crippen LogP contribution is -2.16. The van der Waals surface area contributed by atoms with Gasteiger partial charge in [-0.15, -0.1) is 0 Å². The monoisotopic (exact) mass is 360 g/mol. The zero-order chi connectivity index (χ0) is 19.3. The van der Waals surface area contributed by atoms with Gasteiger partial charge in [-0.1, -0.05) is 18.2 Å². The summed E-state index contributed by atoms with van der Waals surface area (Å²) < 4.78 is 15.3. The van der Waals surface area contributed by atoms with Crippen LogP contribution in [-0.4, -0.2) is 10.9 Å². The van der Waals surface area contributed by atoms with E-state index in [2.05, 4.69) is 17.6 Å². The number of carbonyl (C=O) groups excluding carboxylic acids is 1. The number of aryl methyl sites for hydroxylation is 1. The standard InChI is InChI=1S/C23H21FN2O/c1-4-15-9-14-6-5-7-16(19(14)11-26-15)22-20(24)10-18(23(25)27)17-8-12(2)13(3)21(17)22/h4,7,9-11H,1,5-6,8H2,2-3H3,(H2,25,27). The van der Waals surface area contributed by atoms with E-state index in [0.29, 0.717) is 12.0 Å².